The minimum atomic E-state index is -0.486. The fourth-order valence-electron chi connectivity index (χ4n) is 3.87. The van der Waals surface area contributed by atoms with Gasteiger partial charge >= 0.3 is 0 Å². The van der Waals surface area contributed by atoms with Crippen molar-refractivity contribution in [2.45, 2.75) is 19.4 Å². The first-order valence-electron chi connectivity index (χ1n) is 10.0. The maximum atomic E-state index is 13.2. The van der Waals surface area contributed by atoms with Crippen LogP contribution in [-0.4, -0.2) is 51.6 Å². The lowest BCUT2D eigenvalue weighted by Gasteiger charge is -2.28. The number of benzene rings is 2. The van der Waals surface area contributed by atoms with Crippen LogP contribution >= 0.6 is 23.2 Å². The molecule has 0 spiro atoms. The highest BCUT2D eigenvalue weighted by molar-refractivity contribution is 6.35. The SMILES string of the molecule is COc1cc(N2CC(C(=O)N(C)C(C)c3ccc(Cl)cc3Cl)CC2=O)cc(OC)c1OC. The standard InChI is InChI=1S/C23H26Cl2N2O5/c1-13(17-7-6-15(24)9-18(17)25)26(2)23(29)14-8-21(28)27(12-14)16-10-19(30-3)22(32-5)20(11-16)31-4/h6-7,9-11,13-14H,8,12H2,1-5H3. The van der Waals surface area contributed by atoms with E-state index in [0.717, 1.165) is 5.56 Å². The highest BCUT2D eigenvalue weighted by Crippen LogP contribution is 2.42. The lowest BCUT2D eigenvalue weighted by molar-refractivity contribution is -0.136. The van der Waals surface area contributed by atoms with Gasteiger partial charge < -0.3 is 24.0 Å². The van der Waals surface area contributed by atoms with Gasteiger partial charge in [-0.05, 0) is 24.6 Å². The van der Waals surface area contributed by atoms with Gasteiger partial charge in [0.1, 0.15) is 0 Å². The van der Waals surface area contributed by atoms with Crippen LogP contribution in [0.3, 0.4) is 0 Å². The summed E-state index contributed by atoms with van der Waals surface area (Å²) in [5.74, 6) is 0.543. The number of methoxy groups -OCH3 is 3. The zero-order valence-electron chi connectivity index (χ0n) is 18.6. The van der Waals surface area contributed by atoms with Crippen LogP contribution in [0.4, 0.5) is 5.69 Å². The average molecular weight is 481 g/mol. The molecule has 7 nitrogen and oxygen atoms in total. The molecular weight excluding hydrogens is 455 g/mol. The van der Waals surface area contributed by atoms with Crippen LogP contribution in [-0.2, 0) is 9.59 Å². The lowest BCUT2D eigenvalue weighted by Crippen LogP contribution is -2.36. The first-order chi connectivity index (χ1) is 15.2. The topological polar surface area (TPSA) is 68.3 Å². The van der Waals surface area contributed by atoms with E-state index in [1.54, 1.807) is 47.2 Å². The van der Waals surface area contributed by atoms with Crippen LogP contribution in [0.2, 0.25) is 10.0 Å². The Morgan fingerprint density at radius 3 is 2.25 bits per heavy atom. The Morgan fingerprint density at radius 2 is 1.72 bits per heavy atom. The molecule has 2 atom stereocenters. The van der Waals surface area contributed by atoms with Crippen LogP contribution in [0.15, 0.2) is 30.3 Å². The third-order valence-electron chi connectivity index (χ3n) is 5.78. The Morgan fingerprint density at radius 1 is 1.09 bits per heavy atom. The average Bonchev–Trinajstić information content (AvgIpc) is 3.18. The van der Waals surface area contributed by atoms with Crippen molar-refractivity contribution in [1.82, 2.24) is 4.90 Å². The van der Waals surface area contributed by atoms with Gasteiger partial charge in [0.2, 0.25) is 17.6 Å². The zero-order chi connectivity index (χ0) is 23.6. The maximum absolute atomic E-state index is 13.2. The molecule has 2 unspecified atom stereocenters. The van der Waals surface area contributed by atoms with Crippen LogP contribution in [0.5, 0.6) is 17.2 Å². The van der Waals surface area contributed by atoms with E-state index < -0.39 is 5.92 Å². The number of nitrogens with zero attached hydrogens (tertiary/aromatic N) is 2. The Bertz CT molecular complexity index is 1000. The number of anilines is 1. The van der Waals surface area contributed by atoms with Crippen molar-refractivity contribution in [2.75, 3.05) is 39.8 Å². The van der Waals surface area contributed by atoms with E-state index >= 15 is 0 Å². The summed E-state index contributed by atoms with van der Waals surface area (Å²) in [5.41, 5.74) is 1.37. The molecule has 2 aromatic rings. The predicted molar refractivity (Wildman–Crippen MR) is 124 cm³/mol. The molecule has 1 heterocycles. The molecule has 0 bridgehead atoms. The third-order valence-corrected chi connectivity index (χ3v) is 6.34. The van der Waals surface area contributed by atoms with Crippen molar-refractivity contribution in [2.24, 2.45) is 5.92 Å². The van der Waals surface area contributed by atoms with Crippen LogP contribution < -0.4 is 19.1 Å². The smallest absolute Gasteiger partial charge is 0.228 e. The molecule has 0 aromatic heterocycles. The molecule has 2 aromatic carbocycles. The van der Waals surface area contributed by atoms with E-state index in [0.29, 0.717) is 33.0 Å². The van der Waals surface area contributed by atoms with E-state index in [4.69, 9.17) is 37.4 Å². The van der Waals surface area contributed by atoms with Gasteiger partial charge in [0, 0.05) is 42.2 Å². The van der Waals surface area contributed by atoms with Crippen molar-refractivity contribution in [1.29, 1.82) is 0 Å². The van der Waals surface area contributed by atoms with Crippen molar-refractivity contribution >= 4 is 40.7 Å². The van der Waals surface area contributed by atoms with Crippen LogP contribution in [0.25, 0.3) is 0 Å². The molecular formula is C23H26Cl2N2O5. The fraction of sp³-hybridized carbons (Fsp3) is 0.391. The van der Waals surface area contributed by atoms with Crippen molar-refractivity contribution in [3.05, 3.63) is 45.9 Å². The molecule has 9 heteroatoms. The number of ether oxygens (including phenoxy) is 3. The van der Waals surface area contributed by atoms with E-state index in [1.807, 2.05) is 6.92 Å². The number of carbonyl (C=O) groups is 2. The summed E-state index contributed by atoms with van der Waals surface area (Å²) in [6.45, 7) is 2.14. The largest absolute Gasteiger partial charge is 0.493 e. The molecule has 0 aliphatic carbocycles. The minimum absolute atomic E-state index is 0.112. The number of hydrogen-bond acceptors (Lipinski definition) is 5. The summed E-state index contributed by atoms with van der Waals surface area (Å²) in [6, 6.07) is 8.32. The molecule has 1 saturated heterocycles. The monoisotopic (exact) mass is 480 g/mol. The molecule has 1 aliphatic heterocycles. The van der Waals surface area contributed by atoms with Crippen LogP contribution in [0.1, 0.15) is 24.9 Å². The predicted octanol–water partition coefficient (Wildman–Crippen LogP) is 4.59. The van der Waals surface area contributed by atoms with Crippen molar-refractivity contribution in [3.63, 3.8) is 0 Å². The number of amides is 2. The molecule has 1 aliphatic rings. The normalized spacial score (nSPS) is 16.7. The van der Waals surface area contributed by atoms with Gasteiger partial charge in [-0.3, -0.25) is 9.59 Å². The lowest BCUT2D eigenvalue weighted by atomic mass is 10.0. The van der Waals surface area contributed by atoms with E-state index in [1.165, 1.54) is 21.3 Å². The van der Waals surface area contributed by atoms with Gasteiger partial charge in [-0.2, -0.15) is 0 Å². The van der Waals surface area contributed by atoms with Crippen LogP contribution in [0, 0.1) is 5.92 Å². The first-order valence-corrected chi connectivity index (χ1v) is 10.8. The van der Waals surface area contributed by atoms with Crippen molar-refractivity contribution in [3.8, 4) is 17.2 Å². The Kier molecular flexibility index (Phi) is 7.41. The third kappa shape index (κ3) is 4.59. The molecule has 0 saturated carbocycles. The molecule has 1 fully saturated rings. The molecule has 3 rings (SSSR count). The van der Waals surface area contributed by atoms with Gasteiger partial charge in [0.25, 0.3) is 0 Å². The molecule has 0 N–H and O–H groups in total. The summed E-state index contributed by atoms with van der Waals surface area (Å²) in [5, 5.41) is 1.02. The minimum Gasteiger partial charge on any atom is -0.493 e. The van der Waals surface area contributed by atoms with Gasteiger partial charge in [-0.15, -0.1) is 0 Å². The van der Waals surface area contributed by atoms with E-state index in [-0.39, 0.29) is 30.8 Å². The van der Waals surface area contributed by atoms with Gasteiger partial charge in [0.15, 0.2) is 11.5 Å². The summed E-state index contributed by atoms with van der Waals surface area (Å²) >= 11 is 12.3. The Labute approximate surface area is 197 Å². The summed E-state index contributed by atoms with van der Waals surface area (Å²) in [6.07, 6.45) is 0.112. The molecule has 32 heavy (non-hydrogen) atoms. The number of carbonyl (C=O) groups excluding carboxylic acids is 2. The second-order valence-corrected chi connectivity index (χ2v) is 8.42. The highest BCUT2D eigenvalue weighted by atomic mass is 35.5. The second kappa shape index (κ2) is 9.88. The zero-order valence-corrected chi connectivity index (χ0v) is 20.2. The van der Waals surface area contributed by atoms with Crippen molar-refractivity contribution < 1.29 is 23.8 Å². The number of halogens is 2. The molecule has 0 radical (unpaired) electrons. The van der Waals surface area contributed by atoms with E-state index in [2.05, 4.69) is 0 Å². The maximum Gasteiger partial charge on any atom is 0.228 e. The van der Waals surface area contributed by atoms with Gasteiger partial charge in [-0.25, -0.2) is 0 Å². The Hall–Kier alpha value is -2.64. The number of rotatable bonds is 7. The number of hydrogen-bond donors (Lipinski definition) is 0. The first kappa shape index (κ1) is 24.0. The summed E-state index contributed by atoms with van der Waals surface area (Å²) < 4.78 is 16.1. The summed E-state index contributed by atoms with van der Waals surface area (Å²) in [7, 11) is 6.25. The van der Waals surface area contributed by atoms with E-state index in [9.17, 15) is 9.59 Å². The quantitative estimate of drug-likeness (QED) is 0.579. The molecule has 172 valence electrons. The second-order valence-electron chi connectivity index (χ2n) is 7.58. The van der Waals surface area contributed by atoms with Gasteiger partial charge in [-0.1, -0.05) is 29.3 Å². The Balaban J connectivity index is 1.81. The fourth-order valence-corrected chi connectivity index (χ4v) is 4.44. The molecule has 2 amide bonds. The highest BCUT2D eigenvalue weighted by Gasteiger charge is 2.38. The van der Waals surface area contributed by atoms with Gasteiger partial charge in [0.05, 0.1) is 39.0 Å². The summed E-state index contributed by atoms with van der Waals surface area (Å²) in [4.78, 5) is 29.2.